The molecule has 0 fully saturated rings. The van der Waals surface area contributed by atoms with Crippen molar-refractivity contribution >= 4 is 40.5 Å². The van der Waals surface area contributed by atoms with Crippen LogP contribution in [0.5, 0.6) is 0 Å². The van der Waals surface area contributed by atoms with E-state index in [0.29, 0.717) is 62.2 Å². The maximum absolute atomic E-state index is 12.8. The summed E-state index contributed by atoms with van der Waals surface area (Å²) in [7, 11) is 0. The number of nitrogen functional groups attached to an aromatic ring is 1. The molecule has 0 radical (unpaired) electrons. The first-order valence-corrected chi connectivity index (χ1v) is 10.0. The van der Waals surface area contributed by atoms with Crippen LogP contribution in [-0.2, 0) is 12.8 Å². The lowest BCUT2D eigenvalue weighted by molar-refractivity contribution is 0.827. The highest BCUT2D eigenvalue weighted by Crippen LogP contribution is 2.35. The number of aromatic amines is 1. The molecule has 2 heterocycles. The molecule has 2 aliphatic rings. The number of nitrogens with one attached hydrogen (secondary N) is 1. The van der Waals surface area contributed by atoms with E-state index < -0.39 is 0 Å². The van der Waals surface area contributed by atoms with Gasteiger partial charge in [-0.2, -0.15) is 4.98 Å². The number of benzene rings is 2. The normalized spacial score (nSPS) is 11.3. The Morgan fingerprint density at radius 3 is 2.34 bits per heavy atom. The molecule has 0 aliphatic carbocycles. The van der Waals surface area contributed by atoms with Crippen LogP contribution in [0.25, 0.3) is 17.1 Å². The summed E-state index contributed by atoms with van der Waals surface area (Å²) in [5.41, 5.74) is 8.57. The van der Waals surface area contributed by atoms with Crippen molar-refractivity contribution < 1.29 is 0 Å². The molecule has 3 N–H and O–H groups in total. The third-order valence-corrected chi connectivity index (χ3v) is 5.36. The van der Waals surface area contributed by atoms with E-state index in [1.54, 1.807) is 28.9 Å². The van der Waals surface area contributed by atoms with Gasteiger partial charge >= 0.3 is 0 Å². The lowest BCUT2D eigenvalue weighted by atomic mass is 10.1. The molecule has 9 heteroatoms. The SMILES string of the molecule is CCc1[nH]n(-c2c(Cl)cc(Cl)cc2Cl)c2nc(Cc3ccc(N)cc3)nc(=O)c1-2. The Labute approximate surface area is 181 Å². The zero-order valence-electron chi connectivity index (χ0n) is 15.3. The van der Waals surface area contributed by atoms with Crippen LogP contribution in [0.2, 0.25) is 15.1 Å². The van der Waals surface area contributed by atoms with Gasteiger partial charge in [0.1, 0.15) is 17.1 Å². The molecule has 0 bridgehead atoms. The summed E-state index contributed by atoms with van der Waals surface area (Å²) in [6, 6.07) is 10.5. The molecular weight excluding hydrogens is 433 g/mol. The zero-order chi connectivity index (χ0) is 20.7. The second kappa shape index (κ2) is 7.71. The van der Waals surface area contributed by atoms with Gasteiger partial charge in [0.15, 0.2) is 5.82 Å². The van der Waals surface area contributed by atoms with Gasteiger partial charge in [-0.3, -0.25) is 9.89 Å². The van der Waals surface area contributed by atoms with Crippen molar-refractivity contribution in [3.63, 3.8) is 0 Å². The minimum Gasteiger partial charge on any atom is -0.399 e. The van der Waals surface area contributed by atoms with E-state index in [-0.39, 0.29) is 5.56 Å². The smallest absolute Gasteiger partial charge is 0.284 e. The van der Waals surface area contributed by atoms with E-state index in [1.807, 2.05) is 19.1 Å². The van der Waals surface area contributed by atoms with Crippen molar-refractivity contribution in [3.05, 3.63) is 78.9 Å². The van der Waals surface area contributed by atoms with E-state index in [9.17, 15) is 4.79 Å². The maximum atomic E-state index is 12.8. The minimum absolute atomic E-state index is 0.337. The number of hydrogen-bond acceptors (Lipinski definition) is 4. The first kappa shape index (κ1) is 19.8. The monoisotopic (exact) mass is 447 g/mol. The summed E-state index contributed by atoms with van der Waals surface area (Å²) in [5, 5.41) is 4.27. The highest BCUT2D eigenvalue weighted by atomic mass is 35.5. The van der Waals surface area contributed by atoms with Gasteiger partial charge < -0.3 is 5.73 Å². The first-order valence-electron chi connectivity index (χ1n) is 8.87. The van der Waals surface area contributed by atoms with Gasteiger partial charge in [-0.25, -0.2) is 9.67 Å². The fourth-order valence-electron chi connectivity index (χ4n) is 3.20. The number of nitrogens with two attached hydrogens (primary N) is 1. The van der Waals surface area contributed by atoms with Crippen LogP contribution in [0.4, 0.5) is 5.69 Å². The molecule has 0 aromatic heterocycles. The van der Waals surface area contributed by atoms with Crippen molar-refractivity contribution in [2.24, 2.45) is 0 Å². The molecule has 4 rings (SSSR count). The summed E-state index contributed by atoms with van der Waals surface area (Å²) < 4.78 is 1.62. The summed E-state index contributed by atoms with van der Waals surface area (Å²) in [6.45, 7) is 1.93. The van der Waals surface area contributed by atoms with Crippen LogP contribution >= 0.6 is 34.8 Å². The number of halogens is 3. The first-order chi connectivity index (χ1) is 13.9. The topological polar surface area (TPSA) is 89.6 Å². The Kier molecular flexibility index (Phi) is 5.25. The average Bonchev–Trinajstić information content (AvgIpc) is 3.02. The van der Waals surface area contributed by atoms with Crippen LogP contribution in [0, 0.1) is 0 Å². The van der Waals surface area contributed by atoms with Crippen LogP contribution < -0.4 is 11.3 Å². The third kappa shape index (κ3) is 3.71. The quantitative estimate of drug-likeness (QED) is 0.441. The lowest BCUT2D eigenvalue weighted by Crippen LogP contribution is -2.17. The zero-order valence-corrected chi connectivity index (χ0v) is 17.6. The molecule has 148 valence electrons. The molecule has 0 spiro atoms. The third-order valence-electron chi connectivity index (χ3n) is 4.56. The van der Waals surface area contributed by atoms with Crippen molar-refractivity contribution in [2.45, 2.75) is 19.8 Å². The number of aryl methyl sites for hydroxylation is 1. The summed E-state index contributed by atoms with van der Waals surface area (Å²) >= 11 is 18.8. The summed E-state index contributed by atoms with van der Waals surface area (Å²) in [5.74, 6) is 0.808. The number of hydrogen-bond donors (Lipinski definition) is 2. The average molecular weight is 449 g/mol. The van der Waals surface area contributed by atoms with E-state index in [0.717, 1.165) is 5.56 Å². The Bertz CT molecular complexity index is 1210. The molecule has 2 aromatic rings. The van der Waals surface area contributed by atoms with E-state index in [2.05, 4.69) is 15.1 Å². The second-order valence-corrected chi connectivity index (χ2v) is 7.81. The number of H-pyrrole nitrogens is 1. The predicted octanol–water partition coefficient (Wildman–Crippen LogP) is 4.76. The van der Waals surface area contributed by atoms with Crippen molar-refractivity contribution in [1.82, 2.24) is 19.7 Å². The summed E-state index contributed by atoms with van der Waals surface area (Å²) in [4.78, 5) is 21.6. The van der Waals surface area contributed by atoms with E-state index in [1.165, 1.54) is 0 Å². The van der Waals surface area contributed by atoms with E-state index >= 15 is 0 Å². The summed E-state index contributed by atoms with van der Waals surface area (Å²) in [6.07, 6.45) is 0.975. The number of rotatable bonds is 4. The molecule has 2 aliphatic heterocycles. The van der Waals surface area contributed by atoms with Crippen LogP contribution in [0.15, 0.2) is 41.2 Å². The molecule has 29 heavy (non-hydrogen) atoms. The van der Waals surface area contributed by atoms with Crippen molar-refractivity contribution in [1.29, 1.82) is 0 Å². The Morgan fingerprint density at radius 1 is 1.07 bits per heavy atom. The molecule has 0 amide bonds. The van der Waals surface area contributed by atoms with E-state index in [4.69, 9.17) is 40.5 Å². The molecule has 0 unspecified atom stereocenters. The highest BCUT2D eigenvalue weighted by Gasteiger charge is 2.25. The number of fused-ring (bicyclic) bond motifs is 1. The second-order valence-electron chi connectivity index (χ2n) is 6.56. The molecule has 0 atom stereocenters. The van der Waals surface area contributed by atoms with Gasteiger partial charge in [-0.05, 0) is 36.2 Å². The number of nitrogens with zero attached hydrogens (tertiary/aromatic N) is 3. The number of anilines is 1. The molecule has 2 aromatic carbocycles. The largest absolute Gasteiger partial charge is 0.399 e. The Balaban J connectivity index is 1.91. The molecule has 6 nitrogen and oxygen atoms in total. The predicted molar refractivity (Wildman–Crippen MR) is 117 cm³/mol. The molecule has 0 saturated heterocycles. The van der Waals surface area contributed by atoms with Gasteiger partial charge in [0.2, 0.25) is 0 Å². The molecule has 0 saturated carbocycles. The number of aromatic nitrogens is 4. The lowest BCUT2D eigenvalue weighted by Gasteiger charge is -2.11. The standard InChI is InChI=1S/C20H16Cl3N5O/c1-2-15-17-19(28(27-15)18-13(22)8-11(21)9-14(18)23)25-16(26-20(17)29)7-10-3-5-12(24)6-4-10/h3-6,8-9,27H,2,7,24H2,1H3. The molecular formula is C20H16Cl3N5O. The van der Waals surface area contributed by atoms with Crippen LogP contribution in [-0.4, -0.2) is 19.7 Å². The van der Waals surface area contributed by atoms with Gasteiger partial charge in [0.25, 0.3) is 5.56 Å². The maximum Gasteiger partial charge on any atom is 0.284 e. The van der Waals surface area contributed by atoms with Gasteiger partial charge in [0.05, 0.1) is 10.0 Å². The van der Waals surface area contributed by atoms with Crippen LogP contribution in [0.1, 0.15) is 24.0 Å². The Hall–Kier alpha value is -2.54. The van der Waals surface area contributed by atoms with Crippen LogP contribution in [0.3, 0.4) is 0 Å². The highest BCUT2D eigenvalue weighted by molar-refractivity contribution is 6.40. The van der Waals surface area contributed by atoms with Gasteiger partial charge in [-0.1, -0.05) is 53.9 Å². The van der Waals surface area contributed by atoms with Gasteiger partial charge in [0, 0.05) is 22.8 Å². The van der Waals surface area contributed by atoms with Crippen molar-refractivity contribution in [2.75, 3.05) is 5.73 Å². The fraction of sp³-hybridized carbons (Fsp3) is 0.150. The minimum atomic E-state index is -0.353. The van der Waals surface area contributed by atoms with Crippen molar-refractivity contribution in [3.8, 4) is 17.1 Å². The van der Waals surface area contributed by atoms with Gasteiger partial charge in [-0.15, -0.1) is 0 Å². The Morgan fingerprint density at radius 2 is 1.72 bits per heavy atom. The fourth-order valence-corrected chi connectivity index (χ4v) is 4.19.